The topological polar surface area (TPSA) is 80.5 Å². The molecule has 1 atom stereocenters. The number of fused-ring (bicyclic) bond motifs is 1. The summed E-state index contributed by atoms with van der Waals surface area (Å²) in [5.41, 5.74) is 9.13. The highest BCUT2D eigenvalue weighted by Crippen LogP contribution is 2.32. The predicted octanol–water partition coefficient (Wildman–Crippen LogP) is 4.36. The zero-order valence-corrected chi connectivity index (χ0v) is 15.2. The summed E-state index contributed by atoms with van der Waals surface area (Å²) in [6.07, 6.45) is 7.62. The van der Waals surface area contributed by atoms with E-state index in [0.29, 0.717) is 16.6 Å². The summed E-state index contributed by atoms with van der Waals surface area (Å²) in [5, 5.41) is 2.84. The number of aromatic amines is 1. The predicted molar refractivity (Wildman–Crippen MR) is 101 cm³/mol. The van der Waals surface area contributed by atoms with Gasteiger partial charge in [0.25, 0.3) is 0 Å². The molecule has 0 saturated heterocycles. The first-order valence-electron chi connectivity index (χ1n) is 7.54. The van der Waals surface area contributed by atoms with E-state index in [2.05, 4.69) is 19.9 Å². The van der Waals surface area contributed by atoms with Crippen molar-refractivity contribution in [2.75, 3.05) is 0 Å². The number of aromatic nitrogens is 4. The van der Waals surface area contributed by atoms with E-state index in [1.165, 1.54) is 11.3 Å². The zero-order valence-electron chi connectivity index (χ0n) is 12.9. The molecule has 0 amide bonds. The lowest BCUT2D eigenvalue weighted by atomic mass is 10.1. The molecule has 0 aliphatic heterocycles. The van der Waals surface area contributed by atoms with Crippen molar-refractivity contribution in [3.63, 3.8) is 0 Å². The van der Waals surface area contributed by atoms with Crippen LogP contribution in [-0.2, 0) is 6.42 Å². The number of nitrogens with zero attached hydrogens (tertiary/aromatic N) is 3. The van der Waals surface area contributed by atoms with Crippen molar-refractivity contribution in [3.8, 4) is 0 Å². The van der Waals surface area contributed by atoms with E-state index in [9.17, 15) is 0 Å². The lowest BCUT2D eigenvalue weighted by Crippen LogP contribution is -2.11. The molecule has 4 heterocycles. The smallest absolute Gasteiger partial charge is 0.143 e. The number of H-pyrrole nitrogens is 1. The van der Waals surface area contributed by atoms with E-state index in [0.717, 1.165) is 32.0 Å². The number of rotatable bonds is 4. The largest absolute Gasteiger partial charge is 0.346 e. The Hall–Kier alpha value is -1.99. The van der Waals surface area contributed by atoms with E-state index < -0.39 is 0 Å². The molecule has 126 valence electrons. The Morgan fingerprint density at radius 3 is 2.84 bits per heavy atom. The van der Waals surface area contributed by atoms with Gasteiger partial charge in [-0.1, -0.05) is 23.2 Å². The van der Waals surface area contributed by atoms with Gasteiger partial charge in [-0.2, -0.15) is 0 Å². The van der Waals surface area contributed by atoms with Crippen LogP contribution in [0.3, 0.4) is 0 Å². The number of hydrogen-bond donors (Lipinski definition) is 2. The van der Waals surface area contributed by atoms with Gasteiger partial charge in [0.2, 0.25) is 0 Å². The lowest BCUT2D eigenvalue weighted by Gasteiger charge is -2.07. The van der Waals surface area contributed by atoms with E-state index in [-0.39, 0.29) is 6.04 Å². The van der Waals surface area contributed by atoms with Gasteiger partial charge in [0.15, 0.2) is 0 Å². The monoisotopic (exact) mass is 389 g/mol. The van der Waals surface area contributed by atoms with Crippen LogP contribution in [0, 0.1) is 0 Å². The third-order valence-electron chi connectivity index (χ3n) is 3.93. The highest BCUT2D eigenvalue weighted by atomic mass is 35.5. The summed E-state index contributed by atoms with van der Waals surface area (Å²) in [5.74, 6) is 0. The van der Waals surface area contributed by atoms with E-state index in [4.69, 9.17) is 28.9 Å². The fraction of sp³-hybridized carbons (Fsp3) is 0.118. The molecule has 0 aliphatic carbocycles. The average molecular weight is 390 g/mol. The number of pyridine rings is 2. The molecule has 4 aromatic rings. The summed E-state index contributed by atoms with van der Waals surface area (Å²) in [6.45, 7) is 0. The Labute approximate surface area is 157 Å². The number of nitrogens with one attached hydrogen (secondary N) is 1. The van der Waals surface area contributed by atoms with Gasteiger partial charge < -0.3 is 10.7 Å². The average Bonchev–Trinajstić information content (AvgIpc) is 3.19. The second kappa shape index (κ2) is 6.72. The van der Waals surface area contributed by atoms with Crippen LogP contribution in [0.1, 0.15) is 27.1 Å². The number of nitrogens with two attached hydrogens (primary N) is 1. The summed E-state index contributed by atoms with van der Waals surface area (Å²) < 4.78 is 0. The molecule has 0 spiro atoms. The Balaban J connectivity index is 1.65. The van der Waals surface area contributed by atoms with Crippen molar-refractivity contribution in [2.45, 2.75) is 12.5 Å². The van der Waals surface area contributed by atoms with E-state index in [1.54, 1.807) is 18.6 Å². The number of halogens is 2. The van der Waals surface area contributed by atoms with Gasteiger partial charge in [0.1, 0.15) is 15.8 Å². The number of hydrogen-bond acceptors (Lipinski definition) is 5. The number of thiazole rings is 1. The normalized spacial score (nSPS) is 12.6. The Morgan fingerprint density at radius 2 is 2.04 bits per heavy atom. The lowest BCUT2D eigenvalue weighted by molar-refractivity contribution is 0.854. The minimum Gasteiger partial charge on any atom is -0.346 e. The molecule has 0 radical (unpaired) electrons. The summed E-state index contributed by atoms with van der Waals surface area (Å²) >= 11 is 13.9. The van der Waals surface area contributed by atoms with Gasteiger partial charge in [-0.25, -0.2) is 9.97 Å². The Kier molecular flexibility index (Phi) is 4.43. The van der Waals surface area contributed by atoms with Crippen molar-refractivity contribution < 1.29 is 0 Å². The first kappa shape index (κ1) is 16.5. The molecule has 1 unspecified atom stereocenters. The first-order valence-corrected chi connectivity index (χ1v) is 9.11. The van der Waals surface area contributed by atoms with Gasteiger partial charge in [-0.3, -0.25) is 4.98 Å². The Morgan fingerprint density at radius 1 is 1.24 bits per heavy atom. The van der Waals surface area contributed by atoms with Crippen molar-refractivity contribution >= 4 is 45.6 Å². The highest BCUT2D eigenvalue weighted by Gasteiger charge is 2.18. The second-order valence-corrected chi connectivity index (χ2v) is 7.47. The SMILES string of the molecule is NC(c1ccncc1)c1nc(Cl)c(Cc2c[nH]c3ncc(Cl)cc23)s1. The first-order chi connectivity index (χ1) is 12.1. The van der Waals surface area contributed by atoms with Crippen LogP contribution in [-0.4, -0.2) is 19.9 Å². The second-order valence-electron chi connectivity index (χ2n) is 5.56. The van der Waals surface area contributed by atoms with Gasteiger partial charge in [0, 0.05) is 41.5 Å². The molecular formula is C17H13Cl2N5S. The fourth-order valence-electron chi connectivity index (χ4n) is 2.66. The zero-order chi connectivity index (χ0) is 17.4. The van der Waals surface area contributed by atoms with E-state index >= 15 is 0 Å². The minimum atomic E-state index is -0.321. The molecule has 25 heavy (non-hydrogen) atoms. The maximum atomic E-state index is 6.36. The fourth-order valence-corrected chi connectivity index (χ4v) is 4.15. The van der Waals surface area contributed by atoms with Gasteiger partial charge in [-0.05, 0) is 29.3 Å². The molecule has 0 aliphatic rings. The standard InChI is InChI=1S/C17H13Cl2N5S/c18-11-6-12-10(7-22-16(12)23-8-11)5-13-15(19)24-17(25-13)14(20)9-1-3-21-4-2-9/h1-4,6-8,14H,5,20H2,(H,22,23). The van der Waals surface area contributed by atoms with Crippen LogP contribution >= 0.6 is 34.5 Å². The minimum absolute atomic E-state index is 0.321. The van der Waals surface area contributed by atoms with Crippen LogP contribution in [0.25, 0.3) is 11.0 Å². The molecule has 5 nitrogen and oxygen atoms in total. The molecular weight excluding hydrogens is 377 g/mol. The maximum Gasteiger partial charge on any atom is 0.143 e. The maximum absolute atomic E-state index is 6.36. The molecule has 8 heteroatoms. The molecule has 4 rings (SSSR count). The van der Waals surface area contributed by atoms with Gasteiger partial charge >= 0.3 is 0 Å². The van der Waals surface area contributed by atoms with Gasteiger partial charge in [-0.15, -0.1) is 11.3 Å². The summed E-state index contributed by atoms with van der Waals surface area (Å²) in [7, 11) is 0. The van der Waals surface area contributed by atoms with Crippen molar-refractivity contribution in [1.29, 1.82) is 0 Å². The van der Waals surface area contributed by atoms with Crippen molar-refractivity contribution in [2.24, 2.45) is 5.73 Å². The summed E-state index contributed by atoms with van der Waals surface area (Å²) in [6, 6.07) is 5.34. The molecule has 0 saturated carbocycles. The van der Waals surface area contributed by atoms with Crippen molar-refractivity contribution in [3.05, 3.63) is 74.2 Å². The van der Waals surface area contributed by atoms with Gasteiger partial charge in [0.05, 0.1) is 11.1 Å². The van der Waals surface area contributed by atoms with Crippen molar-refractivity contribution in [1.82, 2.24) is 19.9 Å². The molecule has 3 N–H and O–H groups in total. The highest BCUT2D eigenvalue weighted by molar-refractivity contribution is 7.12. The summed E-state index contributed by atoms with van der Waals surface area (Å²) in [4.78, 5) is 16.9. The van der Waals surface area contributed by atoms with Crippen LogP contribution in [0.15, 0.2) is 43.0 Å². The van der Waals surface area contributed by atoms with Crippen LogP contribution in [0.4, 0.5) is 0 Å². The third kappa shape index (κ3) is 3.26. The third-order valence-corrected chi connectivity index (χ3v) is 5.70. The van der Waals surface area contributed by atoms with Crippen LogP contribution in [0.5, 0.6) is 0 Å². The molecule has 4 aromatic heterocycles. The molecule has 0 fully saturated rings. The quantitative estimate of drug-likeness (QED) is 0.543. The van der Waals surface area contributed by atoms with Crippen LogP contribution < -0.4 is 5.73 Å². The van der Waals surface area contributed by atoms with E-state index in [1.807, 2.05) is 24.4 Å². The molecule has 0 aromatic carbocycles. The van der Waals surface area contributed by atoms with Crippen LogP contribution in [0.2, 0.25) is 10.2 Å². The molecule has 0 bridgehead atoms. The Bertz CT molecular complexity index is 1030.